The predicted molar refractivity (Wildman–Crippen MR) is 74.6 cm³/mol. The summed E-state index contributed by atoms with van der Waals surface area (Å²) in [5, 5.41) is 3.38. The molecule has 0 spiro atoms. The fourth-order valence-corrected chi connectivity index (χ4v) is 1.77. The Labute approximate surface area is 107 Å². The van der Waals surface area contributed by atoms with Crippen LogP contribution in [-0.4, -0.2) is 76.9 Å². The highest BCUT2D eigenvalue weighted by molar-refractivity contribution is 4.58. The second kappa shape index (κ2) is 12.3. The number of ether oxygens (including phenoxy) is 1. The van der Waals surface area contributed by atoms with Gasteiger partial charge in [-0.25, -0.2) is 0 Å². The first-order valence-electron chi connectivity index (χ1n) is 6.77. The Morgan fingerprint density at radius 2 is 1.71 bits per heavy atom. The van der Waals surface area contributed by atoms with Crippen LogP contribution in [0.1, 0.15) is 19.8 Å². The average molecular weight is 245 g/mol. The minimum atomic E-state index is 0.806. The predicted octanol–water partition coefficient (Wildman–Crippen LogP) is 0.886. The van der Waals surface area contributed by atoms with E-state index in [1.165, 1.54) is 32.5 Å². The quantitative estimate of drug-likeness (QED) is 0.517. The van der Waals surface area contributed by atoms with Crippen molar-refractivity contribution in [3.05, 3.63) is 0 Å². The molecule has 0 bridgehead atoms. The summed E-state index contributed by atoms with van der Waals surface area (Å²) in [7, 11) is 6.01. The van der Waals surface area contributed by atoms with Crippen LogP contribution >= 0.6 is 0 Å². The van der Waals surface area contributed by atoms with Crippen LogP contribution in [0.25, 0.3) is 0 Å². The van der Waals surface area contributed by atoms with Crippen molar-refractivity contribution in [3.63, 3.8) is 0 Å². The molecule has 1 N–H and O–H groups in total. The fraction of sp³-hybridized carbons (Fsp3) is 1.00. The Bertz CT molecular complexity index is 154. The highest BCUT2D eigenvalue weighted by Crippen LogP contribution is 1.94. The molecule has 0 unspecified atom stereocenters. The first-order chi connectivity index (χ1) is 8.20. The number of nitrogens with one attached hydrogen (secondary N) is 1. The Kier molecular flexibility index (Phi) is 12.2. The van der Waals surface area contributed by atoms with Gasteiger partial charge in [-0.15, -0.1) is 0 Å². The van der Waals surface area contributed by atoms with Gasteiger partial charge in [0, 0.05) is 13.7 Å². The van der Waals surface area contributed by atoms with Crippen LogP contribution in [0.15, 0.2) is 0 Å². The van der Waals surface area contributed by atoms with E-state index in [0.717, 1.165) is 26.2 Å². The topological polar surface area (TPSA) is 27.7 Å². The molecule has 0 saturated carbocycles. The number of nitrogens with zero attached hydrogens (tertiary/aromatic N) is 2. The molecule has 0 fully saturated rings. The molecule has 104 valence electrons. The third-order valence-corrected chi connectivity index (χ3v) is 2.84. The van der Waals surface area contributed by atoms with Crippen molar-refractivity contribution in [3.8, 4) is 0 Å². The van der Waals surface area contributed by atoms with Crippen molar-refractivity contribution < 1.29 is 4.74 Å². The molecule has 0 atom stereocenters. The maximum Gasteiger partial charge on any atom is 0.0587 e. The molecule has 0 aromatic rings. The lowest BCUT2D eigenvalue weighted by atomic mass is 10.3. The van der Waals surface area contributed by atoms with Gasteiger partial charge in [-0.05, 0) is 59.7 Å². The Morgan fingerprint density at radius 1 is 1.00 bits per heavy atom. The molecule has 0 heterocycles. The number of methoxy groups -OCH3 is 1. The molecule has 0 aromatic carbocycles. The molecule has 17 heavy (non-hydrogen) atoms. The summed E-state index contributed by atoms with van der Waals surface area (Å²) in [6, 6.07) is 0. The molecule has 0 amide bonds. The first-order valence-corrected chi connectivity index (χ1v) is 6.77. The smallest absolute Gasteiger partial charge is 0.0587 e. The second-order valence-corrected chi connectivity index (χ2v) is 4.69. The van der Waals surface area contributed by atoms with Gasteiger partial charge in [0.15, 0.2) is 0 Å². The maximum atomic E-state index is 4.99. The maximum absolute atomic E-state index is 4.99. The van der Waals surface area contributed by atoms with E-state index >= 15 is 0 Å². The van der Waals surface area contributed by atoms with E-state index in [0.29, 0.717) is 0 Å². The molecule has 0 saturated heterocycles. The summed E-state index contributed by atoms with van der Waals surface area (Å²) in [5.41, 5.74) is 0. The van der Waals surface area contributed by atoms with Crippen molar-refractivity contribution in [2.75, 3.05) is 67.1 Å². The van der Waals surface area contributed by atoms with Gasteiger partial charge in [-0.1, -0.05) is 6.92 Å². The van der Waals surface area contributed by atoms with Gasteiger partial charge < -0.3 is 19.9 Å². The number of hydrogen-bond acceptors (Lipinski definition) is 4. The molecule has 4 nitrogen and oxygen atoms in total. The lowest BCUT2D eigenvalue weighted by Gasteiger charge is -2.21. The van der Waals surface area contributed by atoms with E-state index in [-0.39, 0.29) is 0 Å². The normalized spacial score (nSPS) is 11.6. The molecule has 0 aliphatic carbocycles. The molecule has 0 aliphatic heterocycles. The van der Waals surface area contributed by atoms with Gasteiger partial charge in [-0.3, -0.25) is 0 Å². The fourth-order valence-electron chi connectivity index (χ4n) is 1.77. The molecular weight excluding hydrogens is 214 g/mol. The molecule has 0 aromatic heterocycles. The van der Waals surface area contributed by atoms with Crippen LogP contribution in [0.3, 0.4) is 0 Å². The van der Waals surface area contributed by atoms with Gasteiger partial charge in [0.2, 0.25) is 0 Å². The van der Waals surface area contributed by atoms with E-state index in [9.17, 15) is 0 Å². The lowest BCUT2D eigenvalue weighted by Crippen LogP contribution is -2.30. The Balaban J connectivity index is 3.35. The Morgan fingerprint density at radius 3 is 2.29 bits per heavy atom. The van der Waals surface area contributed by atoms with Crippen molar-refractivity contribution in [1.29, 1.82) is 0 Å². The van der Waals surface area contributed by atoms with Crippen molar-refractivity contribution >= 4 is 0 Å². The van der Waals surface area contributed by atoms with Gasteiger partial charge in [0.1, 0.15) is 0 Å². The summed E-state index contributed by atoms with van der Waals surface area (Å²) in [6.45, 7) is 9.86. The zero-order chi connectivity index (χ0) is 12.9. The zero-order valence-electron chi connectivity index (χ0n) is 12.2. The first kappa shape index (κ1) is 16.8. The van der Waals surface area contributed by atoms with Crippen LogP contribution in [0.4, 0.5) is 0 Å². The van der Waals surface area contributed by atoms with Crippen molar-refractivity contribution in [2.45, 2.75) is 19.8 Å². The van der Waals surface area contributed by atoms with E-state index < -0.39 is 0 Å². The van der Waals surface area contributed by atoms with Crippen LogP contribution in [0, 0.1) is 0 Å². The third-order valence-electron chi connectivity index (χ3n) is 2.84. The van der Waals surface area contributed by atoms with E-state index in [1.807, 2.05) is 0 Å². The second-order valence-electron chi connectivity index (χ2n) is 4.69. The number of hydrogen-bond donors (Lipinski definition) is 1. The summed E-state index contributed by atoms with van der Waals surface area (Å²) in [6.07, 6.45) is 2.48. The van der Waals surface area contributed by atoms with Crippen LogP contribution in [0.2, 0.25) is 0 Å². The SMILES string of the molecule is CCN(CCCNCCOC)CCCN(C)C. The summed E-state index contributed by atoms with van der Waals surface area (Å²) in [5.74, 6) is 0. The molecule has 0 rings (SSSR count). The highest BCUT2D eigenvalue weighted by atomic mass is 16.5. The van der Waals surface area contributed by atoms with Gasteiger partial charge >= 0.3 is 0 Å². The molecule has 0 aliphatic rings. The van der Waals surface area contributed by atoms with Crippen LogP contribution in [-0.2, 0) is 4.74 Å². The largest absolute Gasteiger partial charge is 0.383 e. The molecular formula is C13H31N3O. The van der Waals surface area contributed by atoms with Crippen molar-refractivity contribution in [2.24, 2.45) is 0 Å². The highest BCUT2D eigenvalue weighted by Gasteiger charge is 2.01. The minimum absolute atomic E-state index is 0.806. The van der Waals surface area contributed by atoms with E-state index in [4.69, 9.17) is 4.74 Å². The Hall–Kier alpha value is -0.160. The lowest BCUT2D eigenvalue weighted by molar-refractivity contribution is 0.198. The minimum Gasteiger partial charge on any atom is -0.383 e. The van der Waals surface area contributed by atoms with Gasteiger partial charge in [-0.2, -0.15) is 0 Å². The van der Waals surface area contributed by atoms with Crippen LogP contribution < -0.4 is 5.32 Å². The van der Waals surface area contributed by atoms with Crippen molar-refractivity contribution in [1.82, 2.24) is 15.1 Å². The average Bonchev–Trinajstić information content (AvgIpc) is 2.30. The summed E-state index contributed by atoms with van der Waals surface area (Å²) in [4.78, 5) is 4.78. The van der Waals surface area contributed by atoms with E-state index in [1.54, 1.807) is 7.11 Å². The summed E-state index contributed by atoms with van der Waals surface area (Å²) < 4.78 is 4.99. The van der Waals surface area contributed by atoms with Gasteiger partial charge in [0.05, 0.1) is 6.61 Å². The standard InChI is InChI=1S/C13H31N3O/c1-5-16(12-7-10-15(2)3)11-6-8-14-9-13-17-4/h14H,5-13H2,1-4H3. The monoisotopic (exact) mass is 245 g/mol. The number of rotatable bonds is 12. The molecule has 0 radical (unpaired) electrons. The van der Waals surface area contributed by atoms with E-state index in [2.05, 4.69) is 36.1 Å². The molecule has 4 heteroatoms. The zero-order valence-corrected chi connectivity index (χ0v) is 12.2. The third kappa shape index (κ3) is 12.1. The van der Waals surface area contributed by atoms with Gasteiger partial charge in [0.25, 0.3) is 0 Å². The van der Waals surface area contributed by atoms with Crippen LogP contribution in [0.5, 0.6) is 0 Å². The summed E-state index contributed by atoms with van der Waals surface area (Å²) >= 11 is 0.